The van der Waals surface area contributed by atoms with Crippen LogP contribution in [-0.2, 0) is 7.05 Å². The molecule has 0 saturated carbocycles. The number of nitrogens with one attached hydrogen (secondary N) is 1. The standard InChI is InChI=1S/C11H20N4O/c1-5-6-11(2,3)14-10(16)9-8(12)7-13-15(9)4/h7H,5-6,12H2,1-4H3,(H,14,16). The molecule has 0 aliphatic carbocycles. The summed E-state index contributed by atoms with van der Waals surface area (Å²) < 4.78 is 1.49. The molecule has 1 rings (SSSR count). The Morgan fingerprint density at radius 1 is 1.62 bits per heavy atom. The van der Waals surface area contributed by atoms with E-state index < -0.39 is 0 Å². The molecule has 1 aromatic rings. The van der Waals surface area contributed by atoms with E-state index in [1.54, 1.807) is 7.05 Å². The maximum absolute atomic E-state index is 12.0. The SMILES string of the molecule is CCCC(C)(C)NC(=O)c1c(N)cnn1C. The summed E-state index contributed by atoms with van der Waals surface area (Å²) in [5.74, 6) is -0.170. The van der Waals surface area contributed by atoms with Crippen molar-refractivity contribution in [3.63, 3.8) is 0 Å². The van der Waals surface area contributed by atoms with Crippen molar-refractivity contribution in [2.75, 3.05) is 5.73 Å². The van der Waals surface area contributed by atoms with Gasteiger partial charge in [-0.3, -0.25) is 9.48 Å². The molecule has 0 aliphatic rings. The molecule has 1 heterocycles. The smallest absolute Gasteiger partial charge is 0.272 e. The van der Waals surface area contributed by atoms with E-state index >= 15 is 0 Å². The number of anilines is 1. The number of rotatable bonds is 4. The van der Waals surface area contributed by atoms with Crippen molar-refractivity contribution in [1.82, 2.24) is 15.1 Å². The van der Waals surface area contributed by atoms with E-state index in [0.29, 0.717) is 11.4 Å². The Balaban J connectivity index is 2.80. The second-order valence-corrected chi connectivity index (χ2v) is 4.66. The number of carbonyl (C=O) groups excluding carboxylic acids is 1. The third kappa shape index (κ3) is 2.74. The molecule has 16 heavy (non-hydrogen) atoms. The molecule has 0 atom stereocenters. The first-order chi connectivity index (χ1) is 7.37. The number of nitrogens with zero attached hydrogens (tertiary/aromatic N) is 2. The summed E-state index contributed by atoms with van der Waals surface area (Å²) >= 11 is 0. The Kier molecular flexibility index (Phi) is 3.57. The zero-order valence-corrected chi connectivity index (χ0v) is 10.4. The van der Waals surface area contributed by atoms with Crippen LogP contribution in [0.25, 0.3) is 0 Å². The van der Waals surface area contributed by atoms with E-state index in [9.17, 15) is 4.79 Å². The van der Waals surface area contributed by atoms with E-state index in [-0.39, 0.29) is 11.4 Å². The van der Waals surface area contributed by atoms with Gasteiger partial charge in [0, 0.05) is 12.6 Å². The van der Waals surface area contributed by atoms with E-state index in [1.165, 1.54) is 10.9 Å². The number of amides is 1. The predicted molar refractivity (Wildman–Crippen MR) is 64.1 cm³/mol. The molecule has 0 unspecified atom stereocenters. The highest BCUT2D eigenvalue weighted by Gasteiger charge is 2.23. The quantitative estimate of drug-likeness (QED) is 0.810. The van der Waals surface area contributed by atoms with Crippen LogP contribution < -0.4 is 11.1 Å². The maximum atomic E-state index is 12.0. The van der Waals surface area contributed by atoms with E-state index in [4.69, 9.17) is 5.73 Å². The van der Waals surface area contributed by atoms with Gasteiger partial charge in [-0.2, -0.15) is 5.10 Å². The van der Waals surface area contributed by atoms with Crippen LogP contribution in [0, 0.1) is 0 Å². The normalized spacial score (nSPS) is 11.5. The van der Waals surface area contributed by atoms with Crippen molar-refractivity contribution in [2.45, 2.75) is 39.2 Å². The monoisotopic (exact) mass is 224 g/mol. The van der Waals surface area contributed by atoms with Gasteiger partial charge >= 0.3 is 0 Å². The molecule has 5 heteroatoms. The average molecular weight is 224 g/mol. The Morgan fingerprint density at radius 3 is 2.69 bits per heavy atom. The van der Waals surface area contributed by atoms with Crippen molar-refractivity contribution in [2.24, 2.45) is 7.05 Å². The van der Waals surface area contributed by atoms with Crippen molar-refractivity contribution >= 4 is 11.6 Å². The molecule has 0 bridgehead atoms. The Bertz CT molecular complexity index is 362. The van der Waals surface area contributed by atoms with E-state index in [0.717, 1.165) is 12.8 Å². The van der Waals surface area contributed by atoms with Crippen LogP contribution in [0.5, 0.6) is 0 Å². The first-order valence-electron chi connectivity index (χ1n) is 5.47. The molecule has 0 spiro atoms. The summed E-state index contributed by atoms with van der Waals surface area (Å²) in [6.45, 7) is 6.09. The zero-order chi connectivity index (χ0) is 12.3. The highest BCUT2D eigenvalue weighted by Crippen LogP contribution is 2.14. The first-order valence-corrected chi connectivity index (χ1v) is 5.47. The number of hydrogen-bond donors (Lipinski definition) is 2. The van der Waals surface area contributed by atoms with Crippen LogP contribution >= 0.6 is 0 Å². The maximum Gasteiger partial charge on any atom is 0.272 e. The molecule has 0 saturated heterocycles. The van der Waals surface area contributed by atoms with Gasteiger partial charge in [-0.1, -0.05) is 13.3 Å². The van der Waals surface area contributed by atoms with Crippen molar-refractivity contribution < 1.29 is 4.79 Å². The minimum Gasteiger partial charge on any atom is -0.396 e. The third-order valence-electron chi connectivity index (χ3n) is 2.51. The van der Waals surface area contributed by atoms with E-state index in [1.807, 2.05) is 13.8 Å². The second kappa shape index (κ2) is 4.55. The summed E-state index contributed by atoms with van der Waals surface area (Å²) in [5, 5.41) is 6.91. The minimum absolute atomic E-state index is 0.170. The molecule has 0 aliphatic heterocycles. The van der Waals surface area contributed by atoms with Gasteiger partial charge in [0.25, 0.3) is 5.91 Å². The van der Waals surface area contributed by atoms with Crippen molar-refractivity contribution in [3.8, 4) is 0 Å². The highest BCUT2D eigenvalue weighted by atomic mass is 16.2. The topological polar surface area (TPSA) is 72.9 Å². The number of carbonyl (C=O) groups is 1. The second-order valence-electron chi connectivity index (χ2n) is 4.66. The fourth-order valence-corrected chi connectivity index (χ4v) is 1.79. The summed E-state index contributed by atoms with van der Waals surface area (Å²) in [7, 11) is 1.71. The lowest BCUT2D eigenvalue weighted by atomic mass is 9.99. The average Bonchev–Trinajstić information content (AvgIpc) is 2.44. The van der Waals surface area contributed by atoms with Gasteiger partial charge in [-0.25, -0.2) is 0 Å². The van der Waals surface area contributed by atoms with Gasteiger partial charge in [-0.15, -0.1) is 0 Å². The Hall–Kier alpha value is -1.52. The number of nitrogen functional groups attached to an aromatic ring is 1. The lowest BCUT2D eigenvalue weighted by molar-refractivity contribution is 0.0900. The van der Waals surface area contributed by atoms with Gasteiger partial charge < -0.3 is 11.1 Å². The molecular formula is C11H20N4O. The molecule has 1 aromatic heterocycles. The molecule has 0 radical (unpaired) electrons. The molecule has 0 aromatic carbocycles. The number of hydrogen-bond acceptors (Lipinski definition) is 3. The summed E-state index contributed by atoms with van der Waals surface area (Å²) in [5.41, 5.74) is 6.30. The lowest BCUT2D eigenvalue weighted by Crippen LogP contribution is -2.44. The Morgan fingerprint density at radius 2 is 2.25 bits per heavy atom. The fourth-order valence-electron chi connectivity index (χ4n) is 1.79. The van der Waals surface area contributed by atoms with Crippen LogP contribution in [0.3, 0.4) is 0 Å². The fraction of sp³-hybridized carbons (Fsp3) is 0.636. The lowest BCUT2D eigenvalue weighted by Gasteiger charge is -2.25. The molecule has 0 fully saturated rings. The summed E-state index contributed by atoms with van der Waals surface area (Å²) in [6, 6.07) is 0. The van der Waals surface area contributed by atoms with Gasteiger partial charge in [-0.05, 0) is 20.3 Å². The predicted octanol–water partition coefficient (Wildman–Crippen LogP) is 1.31. The van der Waals surface area contributed by atoms with Gasteiger partial charge in [0.05, 0.1) is 11.9 Å². The molecule has 3 N–H and O–H groups in total. The van der Waals surface area contributed by atoms with Crippen LogP contribution in [0.15, 0.2) is 6.20 Å². The van der Waals surface area contributed by atoms with Crippen molar-refractivity contribution in [3.05, 3.63) is 11.9 Å². The van der Waals surface area contributed by atoms with Gasteiger partial charge in [0.15, 0.2) is 0 Å². The number of aromatic nitrogens is 2. The number of aryl methyl sites for hydroxylation is 1. The third-order valence-corrected chi connectivity index (χ3v) is 2.51. The molecule has 1 amide bonds. The first kappa shape index (κ1) is 12.5. The molecule has 5 nitrogen and oxygen atoms in total. The summed E-state index contributed by atoms with van der Waals surface area (Å²) in [6.07, 6.45) is 3.44. The largest absolute Gasteiger partial charge is 0.396 e. The zero-order valence-electron chi connectivity index (χ0n) is 10.4. The van der Waals surface area contributed by atoms with Gasteiger partial charge in [0.1, 0.15) is 5.69 Å². The van der Waals surface area contributed by atoms with E-state index in [2.05, 4.69) is 17.3 Å². The number of nitrogens with two attached hydrogens (primary N) is 1. The van der Waals surface area contributed by atoms with Crippen LogP contribution in [0.1, 0.15) is 44.1 Å². The van der Waals surface area contributed by atoms with Crippen molar-refractivity contribution in [1.29, 1.82) is 0 Å². The summed E-state index contributed by atoms with van der Waals surface area (Å²) in [4.78, 5) is 12.0. The van der Waals surface area contributed by atoms with Gasteiger partial charge in [0.2, 0.25) is 0 Å². The Labute approximate surface area is 96.0 Å². The van der Waals surface area contributed by atoms with Crippen LogP contribution in [-0.4, -0.2) is 21.2 Å². The minimum atomic E-state index is -0.220. The molecule has 90 valence electrons. The van der Waals surface area contributed by atoms with Crippen LogP contribution in [0.2, 0.25) is 0 Å². The van der Waals surface area contributed by atoms with Crippen LogP contribution in [0.4, 0.5) is 5.69 Å². The highest BCUT2D eigenvalue weighted by molar-refractivity contribution is 5.97. The molecular weight excluding hydrogens is 204 g/mol.